The Balaban J connectivity index is 2.09. The number of nitrogens with one attached hydrogen (secondary N) is 1. The summed E-state index contributed by atoms with van der Waals surface area (Å²) in [6.07, 6.45) is 0.0114. The van der Waals surface area contributed by atoms with Crippen molar-refractivity contribution in [3.8, 4) is 0 Å². The first-order chi connectivity index (χ1) is 9.11. The predicted octanol–water partition coefficient (Wildman–Crippen LogP) is 0.0550. The Kier molecular flexibility index (Phi) is 4.67. The van der Waals surface area contributed by atoms with Gasteiger partial charge in [-0.25, -0.2) is 0 Å². The van der Waals surface area contributed by atoms with Crippen molar-refractivity contribution in [2.24, 2.45) is 0 Å². The Morgan fingerprint density at radius 2 is 2.47 bits per heavy atom. The maximum atomic E-state index is 11.8. The van der Waals surface area contributed by atoms with Crippen LogP contribution < -0.4 is 5.32 Å². The highest BCUT2D eigenvalue weighted by atomic mass is 35.5. The number of nitrogens with zero attached hydrogens (tertiary/aromatic N) is 3. The highest BCUT2D eigenvalue weighted by Crippen LogP contribution is 2.21. The van der Waals surface area contributed by atoms with Crippen LogP contribution in [0.4, 0.5) is 0 Å². The standard InChI is InChI=1S/C10H13ClN4O3S/c1-18-8(16)4-7-10(17)12-2-3-15(7)5-6-9(11)19-14-13-6/h7H,2-5H2,1H3,(H,12,17)/t7-/m1/s1. The average molecular weight is 305 g/mol. The van der Waals surface area contributed by atoms with Crippen LogP contribution in [0, 0.1) is 0 Å². The summed E-state index contributed by atoms with van der Waals surface area (Å²) in [5.74, 6) is -0.606. The molecule has 1 aromatic rings. The fraction of sp³-hybridized carbons (Fsp3) is 0.600. The van der Waals surface area contributed by atoms with Crippen molar-refractivity contribution < 1.29 is 14.3 Å². The van der Waals surface area contributed by atoms with Crippen LogP contribution >= 0.6 is 23.1 Å². The Bertz CT molecular complexity index is 481. The number of rotatable bonds is 4. The van der Waals surface area contributed by atoms with Crippen molar-refractivity contribution >= 4 is 35.0 Å². The van der Waals surface area contributed by atoms with Gasteiger partial charge in [0, 0.05) is 31.2 Å². The zero-order chi connectivity index (χ0) is 13.8. The maximum absolute atomic E-state index is 11.8. The molecule has 2 rings (SSSR count). The summed E-state index contributed by atoms with van der Waals surface area (Å²) >= 11 is 7.05. The highest BCUT2D eigenvalue weighted by molar-refractivity contribution is 7.10. The lowest BCUT2D eigenvalue weighted by Gasteiger charge is -2.33. The van der Waals surface area contributed by atoms with Crippen LogP contribution in [-0.2, 0) is 20.9 Å². The highest BCUT2D eigenvalue weighted by Gasteiger charge is 2.32. The van der Waals surface area contributed by atoms with Crippen LogP contribution in [-0.4, -0.2) is 52.6 Å². The van der Waals surface area contributed by atoms with Gasteiger partial charge in [0.15, 0.2) is 0 Å². The van der Waals surface area contributed by atoms with E-state index in [1.807, 2.05) is 4.90 Å². The normalized spacial score (nSPS) is 20.1. The van der Waals surface area contributed by atoms with Gasteiger partial charge >= 0.3 is 5.97 Å². The first kappa shape index (κ1) is 14.2. The smallest absolute Gasteiger partial charge is 0.307 e. The summed E-state index contributed by atoms with van der Waals surface area (Å²) in [5, 5.41) is 6.65. The van der Waals surface area contributed by atoms with Gasteiger partial charge in [-0.2, -0.15) is 0 Å². The minimum absolute atomic E-state index is 0.0114. The number of hydrogen-bond donors (Lipinski definition) is 1. The molecule has 1 aliphatic heterocycles. The fourth-order valence-corrected chi connectivity index (χ4v) is 2.51. The molecule has 1 saturated heterocycles. The van der Waals surface area contributed by atoms with E-state index in [0.29, 0.717) is 29.7 Å². The molecule has 104 valence electrons. The SMILES string of the molecule is COC(=O)C[C@@H]1C(=O)NCCN1Cc1nnsc1Cl. The van der Waals surface area contributed by atoms with Gasteiger partial charge in [-0.05, 0) is 0 Å². The lowest BCUT2D eigenvalue weighted by molar-refractivity contribution is -0.146. The molecule has 2 heterocycles. The molecule has 0 aliphatic carbocycles. The first-order valence-corrected chi connectivity index (χ1v) is 6.82. The van der Waals surface area contributed by atoms with Crippen LogP contribution in [0.1, 0.15) is 12.1 Å². The van der Waals surface area contributed by atoms with E-state index in [4.69, 9.17) is 11.6 Å². The van der Waals surface area contributed by atoms with Crippen LogP contribution in [0.5, 0.6) is 0 Å². The lowest BCUT2D eigenvalue weighted by atomic mass is 10.1. The van der Waals surface area contributed by atoms with Crippen molar-refractivity contribution in [1.82, 2.24) is 19.8 Å². The minimum Gasteiger partial charge on any atom is -0.469 e. The van der Waals surface area contributed by atoms with Gasteiger partial charge in [0.25, 0.3) is 0 Å². The van der Waals surface area contributed by atoms with Crippen molar-refractivity contribution in [1.29, 1.82) is 0 Å². The first-order valence-electron chi connectivity index (χ1n) is 5.67. The van der Waals surface area contributed by atoms with E-state index in [1.54, 1.807) is 0 Å². The van der Waals surface area contributed by atoms with Gasteiger partial charge in [-0.1, -0.05) is 16.1 Å². The summed E-state index contributed by atoms with van der Waals surface area (Å²) in [4.78, 5) is 25.1. The number of piperazine rings is 1. The number of methoxy groups -OCH3 is 1. The van der Waals surface area contributed by atoms with Crippen molar-refractivity contribution in [3.05, 3.63) is 10.0 Å². The van der Waals surface area contributed by atoms with Gasteiger partial charge in [0.2, 0.25) is 5.91 Å². The van der Waals surface area contributed by atoms with Crippen molar-refractivity contribution in [3.63, 3.8) is 0 Å². The Labute approximate surface area is 119 Å². The molecule has 1 N–H and O–H groups in total. The summed E-state index contributed by atoms with van der Waals surface area (Å²) in [7, 11) is 1.30. The zero-order valence-electron chi connectivity index (χ0n) is 10.3. The van der Waals surface area contributed by atoms with Crippen LogP contribution in [0.3, 0.4) is 0 Å². The van der Waals surface area contributed by atoms with Gasteiger partial charge in [0.1, 0.15) is 16.1 Å². The molecule has 0 saturated carbocycles. The topological polar surface area (TPSA) is 84.4 Å². The molecule has 1 atom stereocenters. The van der Waals surface area contributed by atoms with Crippen LogP contribution in [0.25, 0.3) is 0 Å². The van der Waals surface area contributed by atoms with E-state index in [9.17, 15) is 9.59 Å². The van der Waals surface area contributed by atoms with E-state index in [2.05, 4.69) is 19.6 Å². The van der Waals surface area contributed by atoms with E-state index in [-0.39, 0.29) is 12.3 Å². The van der Waals surface area contributed by atoms with Crippen molar-refractivity contribution in [2.75, 3.05) is 20.2 Å². The fourth-order valence-electron chi connectivity index (χ4n) is 1.90. The molecule has 7 nitrogen and oxygen atoms in total. The lowest BCUT2D eigenvalue weighted by Crippen LogP contribution is -2.55. The molecule has 1 amide bonds. The average Bonchev–Trinajstić information content (AvgIpc) is 2.79. The number of hydrogen-bond acceptors (Lipinski definition) is 7. The number of carbonyl (C=O) groups excluding carboxylic acids is 2. The van der Waals surface area contributed by atoms with Gasteiger partial charge in [0.05, 0.1) is 13.5 Å². The quantitative estimate of drug-likeness (QED) is 0.792. The number of ether oxygens (including phenoxy) is 1. The number of halogens is 1. The van der Waals surface area contributed by atoms with Gasteiger partial charge < -0.3 is 10.1 Å². The third kappa shape index (κ3) is 3.40. The molecule has 0 aromatic carbocycles. The predicted molar refractivity (Wildman–Crippen MR) is 68.8 cm³/mol. The van der Waals surface area contributed by atoms with Gasteiger partial charge in [-0.15, -0.1) is 5.10 Å². The maximum Gasteiger partial charge on any atom is 0.307 e. The molecule has 19 heavy (non-hydrogen) atoms. The largest absolute Gasteiger partial charge is 0.469 e. The Morgan fingerprint density at radius 3 is 3.11 bits per heavy atom. The number of aromatic nitrogens is 2. The van der Waals surface area contributed by atoms with E-state index in [1.165, 1.54) is 7.11 Å². The Morgan fingerprint density at radius 1 is 1.68 bits per heavy atom. The molecule has 9 heteroatoms. The van der Waals surface area contributed by atoms with E-state index < -0.39 is 12.0 Å². The molecule has 0 spiro atoms. The summed E-state index contributed by atoms with van der Waals surface area (Å²) in [6, 6.07) is -0.557. The van der Waals surface area contributed by atoms with Crippen molar-refractivity contribution in [2.45, 2.75) is 19.0 Å². The second-order valence-electron chi connectivity index (χ2n) is 4.05. The number of amides is 1. The molecular weight excluding hydrogens is 292 g/mol. The molecule has 1 aliphatic rings. The van der Waals surface area contributed by atoms with Gasteiger partial charge in [-0.3, -0.25) is 14.5 Å². The minimum atomic E-state index is -0.557. The van der Waals surface area contributed by atoms with Crippen LogP contribution in [0.2, 0.25) is 4.34 Å². The zero-order valence-corrected chi connectivity index (χ0v) is 11.8. The second-order valence-corrected chi connectivity index (χ2v) is 5.41. The second kappa shape index (κ2) is 6.27. The molecule has 1 fully saturated rings. The summed E-state index contributed by atoms with van der Waals surface area (Å²) in [5.41, 5.74) is 0.622. The number of carbonyl (C=O) groups is 2. The van der Waals surface area contributed by atoms with Crippen LogP contribution in [0.15, 0.2) is 0 Å². The monoisotopic (exact) mass is 304 g/mol. The Hall–Kier alpha value is -1.25. The molecular formula is C10H13ClN4O3S. The third-order valence-electron chi connectivity index (χ3n) is 2.89. The summed E-state index contributed by atoms with van der Waals surface area (Å²) in [6.45, 7) is 1.55. The van der Waals surface area contributed by atoms with E-state index in [0.717, 1.165) is 11.5 Å². The number of esters is 1. The molecule has 1 aromatic heterocycles. The third-order valence-corrected chi connectivity index (χ3v) is 3.88. The molecule has 0 radical (unpaired) electrons. The molecule has 0 unspecified atom stereocenters. The van der Waals surface area contributed by atoms with E-state index >= 15 is 0 Å². The molecule has 0 bridgehead atoms. The summed E-state index contributed by atoms with van der Waals surface area (Å²) < 4.78 is 8.86.